The van der Waals surface area contributed by atoms with Crippen LogP contribution in [0.5, 0.6) is 0 Å². The lowest BCUT2D eigenvalue weighted by Gasteiger charge is -2.49. The average molecular weight is 225 g/mol. The molecule has 3 unspecified atom stereocenters. The monoisotopic (exact) mass is 225 g/mol. The maximum atomic E-state index is 10.8. The molecule has 92 valence electrons. The summed E-state index contributed by atoms with van der Waals surface area (Å²) in [5.74, 6) is 0. The summed E-state index contributed by atoms with van der Waals surface area (Å²) in [5.41, 5.74) is -1.88. The smallest absolute Gasteiger partial charge is 0.0879 e. The highest BCUT2D eigenvalue weighted by atomic mass is 16.5. The van der Waals surface area contributed by atoms with Gasteiger partial charge in [-0.15, -0.1) is 0 Å². The molecular formula is C13H23NO2. The number of rotatable bonds is 3. The SMILES string of the molecule is CCC1(C)CC(O)(C(C)(C#N)CC)CCO1. The van der Waals surface area contributed by atoms with Gasteiger partial charge in [-0.05, 0) is 26.7 Å². The molecule has 3 atom stereocenters. The minimum absolute atomic E-state index is 0.291. The Morgan fingerprint density at radius 3 is 2.56 bits per heavy atom. The van der Waals surface area contributed by atoms with E-state index in [4.69, 9.17) is 4.74 Å². The molecule has 1 rings (SSSR count). The van der Waals surface area contributed by atoms with Crippen molar-refractivity contribution in [1.82, 2.24) is 0 Å². The Morgan fingerprint density at radius 2 is 2.12 bits per heavy atom. The van der Waals surface area contributed by atoms with E-state index in [0.717, 1.165) is 6.42 Å². The Kier molecular flexibility index (Phi) is 3.66. The van der Waals surface area contributed by atoms with E-state index < -0.39 is 11.0 Å². The molecule has 0 bridgehead atoms. The minimum Gasteiger partial charge on any atom is -0.388 e. The van der Waals surface area contributed by atoms with Crippen molar-refractivity contribution in [1.29, 1.82) is 5.26 Å². The van der Waals surface area contributed by atoms with Crippen LogP contribution in [0.4, 0.5) is 0 Å². The molecule has 0 amide bonds. The highest BCUT2D eigenvalue weighted by molar-refractivity contribution is 5.11. The van der Waals surface area contributed by atoms with Crippen LogP contribution in [0.3, 0.4) is 0 Å². The first-order valence-electron chi connectivity index (χ1n) is 6.12. The topological polar surface area (TPSA) is 53.2 Å². The highest BCUT2D eigenvalue weighted by Gasteiger charge is 2.52. The van der Waals surface area contributed by atoms with Crippen LogP contribution >= 0.6 is 0 Å². The molecule has 0 saturated carbocycles. The predicted octanol–water partition coefficient (Wildman–Crippen LogP) is 2.64. The van der Waals surface area contributed by atoms with Crippen LogP contribution in [0.1, 0.15) is 53.4 Å². The van der Waals surface area contributed by atoms with Gasteiger partial charge in [-0.3, -0.25) is 0 Å². The van der Waals surface area contributed by atoms with E-state index in [1.807, 2.05) is 20.8 Å². The Morgan fingerprint density at radius 1 is 1.50 bits per heavy atom. The Labute approximate surface area is 98.4 Å². The number of nitrogens with zero attached hydrogens (tertiary/aromatic N) is 1. The van der Waals surface area contributed by atoms with Crippen LogP contribution in [0, 0.1) is 16.7 Å². The van der Waals surface area contributed by atoms with Crippen LogP contribution in [0.15, 0.2) is 0 Å². The molecule has 0 aromatic carbocycles. The van der Waals surface area contributed by atoms with E-state index in [1.54, 1.807) is 0 Å². The van der Waals surface area contributed by atoms with Crippen LogP contribution in [0.25, 0.3) is 0 Å². The van der Waals surface area contributed by atoms with E-state index in [-0.39, 0.29) is 5.60 Å². The third-order valence-electron chi connectivity index (χ3n) is 4.36. The van der Waals surface area contributed by atoms with Crippen molar-refractivity contribution in [3.05, 3.63) is 0 Å². The zero-order chi connectivity index (χ0) is 12.4. The summed E-state index contributed by atoms with van der Waals surface area (Å²) >= 11 is 0. The summed E-state index contributed by atoms with van der Waals surface area (Å²) in [6, 6.07) is 2.29. The standard InChI is InChI=1S/C13H23NO2/c1-5-11(3,10-14)13(15)7-8-16-12(4,6-2)9-13/h15H,5-9H2,1-4H3. The van der Waals surface area contributed by atoms with Gasteiger partial charge in [0.2, 0.25) is 0 Å². The molecule has 1 aliphatic heterocycles. The Hall–Kier alpha value is -0.590. The lowest BCUT2D eigenvalue weighted by Crippen LogP contribution is -2.55. The second-order valence-electron chi connectivity index (χ2n) is 5.41. The molecule has 1 saturated heterocycles. The molecule has 0 spiro atoms. The third kappa shape index (κ3) is 2.09. The molecule has 3 heteroatoms. The zero-order valence-corrected chi connectivity index (χ0v) is 10.8. The lowest BCUT2D eigenvalue weighted by atomic mass is 9.65. The van der Waals surface area contributed by atoms with Gasteiger partial charge in [-0.25, -0.2) is 0 Å². The van der Waals surface area contributed by atoms with Crippen molar-refractivity contribution in [2.45, 2.75) is 64.6 Å². The second kappa shape index (κ2) is 4.35. The number of hydrogen-bond acceptors (Lipinski definition) is 3. The van der Waals surface area contributed by atoms with E-state index in [0.29, 0.717) is 25.9 Å². The summed E-state index contributed by atoms with van der Waals surface area (Å²) in [6.45, 7) is 8.43. The van der Waals surface area contributed by atoms with Crippen molar-refractivity contribution < 1.29 is 9.84 Å². The largest absolute Gasteiger partial charge is 0.388 e. The van der Waals surface area contributed by atoms with Gasteiger partial charge in [-0.2, -0.15) is 5.26 Å². The average Bonchev–Trinajstić information content (AvgIpc) is 2.27. The van der Waals surface area contributed by atoms with Crippen molar-refractivity contribution in [3.8, 4) is 6.07 Å². The summed E-state index contributed by atoms with van der Waals surface area (Å²) in [4.78, 5) is 0. The first-order chi connectivity index (χ1) is 7.35. The summed E-state index contributed by atoms with van der Waals surface area (Å²) in [6.07, 6.45) is 2.63. The van der Waals surface area contributed by atoms with Crippen LogP contribution in [0.2, 0.25) is 0 Å². The van der Waals surface area contributed by atoms with E-state index in [1.165, 1.54) is 0 Å². The Bertz CT molecular complexity index is 299. The molecule has 0 aliphatic carbocycles. The van der Waals surface area contributed by atoms with E-state index in [2.05, 4.69) is 13.0 Å². The van der Waals surface area contributed by atoms with Crippen molar-refractivity contribution in [2.24, 2.45) is 5.41 Å². The fourth-order valence-corrected chi connectivity index (χ4v) is 2.43. The summed E-state index contributed by atoms with van der Waals surface area (Å²) < 4.78 is 5.72. The molecule has 1 aliphatic rings. The van der Waals surface area contributed by atoms with Crippen LogP contribution in [-0.2, 0) is 4.74 Å². The predicted molar refractivity (Wildman–Crippen MR) is 62.8 cm³/mol. The molecule has 0 aromatic heterocycles. The molecule has 1 N–H and O–H groups in total. The Balaban J connectivity index is 2.98. The van der Waals surface area contributed by atoms with Crippen LogP contribution in [-0.4, -0.2) is 22.9 Å². The number of hydrogen-bond donors (Lipinski definition) is 1. The normalized spacial score (nSPS) is 38.8. The molecule has 3 nitrogen and oxygen atoms in total. The zero-order valence-electron chi connectivity index (χ0n) is 10.8. The van der Waals surface area contributed by atoms with Gasteiger partial charge in [0, 0.05) is 12.8 Å². The van der Waals surface area contributed by atoms with Gasteiger partial charge < -0.3 is 9.84 Å². The third-order valence-corrected chi connectivity index (χ3v) is 4.36. The van der Waals surface area contributed by atoms with E-state index >= 15 is 0 Å². The molecular weight excluding hydrogens is 202 g/mol. The second-order valence-corrected chi connectivity index (χ2v) is 5.41. The number of nitriles is 1. The maximum absolute atomic E-state index is 10.8. The van der Waals surface area contributed by atoms with Gasteiger partial charge in [-0.1, -0.05) is 13.8 Å². The molecule has 0 aromatic rings. The molecule has 1 heterocycles. The first kappa shape index (κ1) is 13.5. The first-order valence-corrected chi connectivity index (χ1v) is 6.12. The fourth-order valence-electron chi connectivity index (χ4n) is 2.43. The molecule has 0 radical (unpaired) electrons. The fraction of sp³-hybridized carbons (Fsp3) is 0.923. The lowest BCUT2D eigenvalue weighted by molar-refractivity contribution is -0.186. The molecule has 1 fully saturated rings. The number of aliphatic hydroxyl groups is 1. The van der Waals surface area contributed by atoms with Gasteiger partial charge in [0.1, 0.15) is 0 Å². The van der Waals surface area contributed by atoms with E-state index in [9.17, 15) is 10.4 Å². The quantitative estimate of drug-likeness (QED) is 0.803. The minimum atomic E-state index is -0.917. The van der Waals surface area contributed by atoms with Crippen molar-refractivity contribution in [2.75, 3.05) is 6.61 Å². The highest BCUT2D eigenvalue weighted by Crippen LogP contribution is 2.46. The summed E-state index contributed by atoms with van der Waals surface area (Å²) in [5, 5.41) is 20.0. The van der Waals surface area contributed by atoms with Crippen LogP contribution < -0.4 is 0 Å². The van der Waals surface area contributed by atoms with Gasteiger partial charge >= 0.3 is 0 Å². The summed E-state index contributed by atoms with van der Waals surface area (Å²) in [7, 11) is 0. The van der Waals surface area contributed by atoms with Crippen molar-refractivity contribution in [3.63, 3.8) is 0 Å². The van der Waals surface area contributed by atoms with Crippen molar-refractivity contribution >= 4 is 0 Å². The maximum Gasteiger partial charge on any atom is 0.0879 e. The molecule has 16 heavy (non-hydrogen) atoms. The number of ether oxygens (including phenoxy) is 1. The van der Waals surface area contributed by atoms with Gasteiger partial charge in [0.15, 0.2) is 0 Å². The van der Waals surface area contributed by atoms with Gasteiger partial charge in [0.25, 0.3) is 0 Å². The van der Waals surface area contributed by atoms with Gasteiger partial charge in [0.05, 0.1) is 29.3 Å².